The molecule has 0 aliphatic rings. The van der Waals surface area contributed by atoms with Crippen LogP contribution in [0.5, 0.6) is 0 Å². The van der Waals surface area contributed by atoms with E-state index in [4.69, 9.17) is 0 Å². The average molecular weight is 1090 g/mol. The second-order valence-corrected chi connectivity index (χ2v) is 0. The Morgan fingerprint density at radius 2 is 0.250 bits per heavy atom. The van der Waals surface area contributed by atoms with Crippen molar-refractivity contribution in [2.24, 2.45) is 0 Å². The van der Waals surface area contributed by atoms with Gasteiger partial charge < -0.3 is 0 Å². The third kappa shape index (κ3) is 36.2. The Bertz CT molecular complexity index is 7.64. The molecular formula is Nd5Sb3. The van der Waals surface area contributed by atoms with Gasteiger partial charge in [-0.25, -0.2) is 0 Å². The smallest absolute Gasteiger partial charge is 0 e. The molecule has 0 amide bonds. The van der Waals surface area contributed by atoms with Crippen LogP contribution in [0.4, 0.5) is 0 Å². The van der Waals surface area contributed by atoms with Crippen LogP contribution >= 0.6 is 0 Å². The average Bonchev–Trinajstić information content (AvgIpc) is 0. The summed E-state index contributed by atoms with van der Waals surface area (Å²) in [5.41, 5.74) is 0. The van der Waals surface area contributed by atoms with E-state index in [1.165, 1.54) is 0 Å². The predicted octanol–water partition coefficient (Wildman–Crippen LogP) is -1.14. The maximum Gasteiger partial charge on any atom is 0 e. The van der Waals surface area contributed by atoms with Crippen molar-refractivity contribution in [1.82, 2.24) is 0 Å². The first kappa shape index (κ1) is 53.3. The topological polar surface area (TPSA) is 0 Å². The first-order valence-electron chi connectivity index (χ1n) is 0. The molecule has 0 aromatic rings. The summed E-state index contributed by atoms with van der Waals surface area (Å²) in [6.07, 6.45) is 0. The van der Waals surface area contributed by atoms with Crippen LogP contribution in [0.1, 0.15) is 0 Å². The maximum absolute atomic E-state index is 0. The van der Waals surface area contributed by atoms with Gasteiger partial charge in [-0.15, -0.1) is 0 Å². The zero-order valence-corrected chi connectivity index (χ0v) is 27.5. The molecule has 0 bridgehead atoms. The number of hydrogen-bond acceptors (Lipinski definition) is 0. The molecule has 35 valence electrons. The molecular weight excluding hydrogens is 1090 g/mol. The minimum Gasteiger partial charge on any atom is 0 e. The Morgan fingerprint density at radius 1 is 0.250 bits per heavy atom. The summed E-state index contributed by atoms with van der Waals surface area (Å²) in [4.78, 5) is 0. The Kier molecular flexibility index (Phi) is 295. The summed E-state index contributed by atoms with van der Waals surface area (Å²) in [5.74, 6) is 0. The molecule has 8 heavy (non-hydrogen) atoms. The van der Waals surface area contributed by atoms with Crippen LogP contribution < -0.4 is 0 Å². The third-order valence-electron chi connectivity index (χ3n) is 0. The molecule has 0 N–H and O–H groups in total. The van der Waals surface area contributed by atoms with Gasteiger partial charge in [-0.1, -0.05) is 0 Å². The summed E-state index contributed by atoms with van der Waals surface area (Å²) in [6.45, 7) is 0. The fraction of sp³-hybridized carbons (Fsp3) is 0. The molecule has 0 atom stereocenters. The first-order chi connectivity index (χ1) is 0. The molecule has 0 aromatic carbocycles. The zero-order chi connectivity index (χ0) is 0. The van der Waals surface area contributed by atoms with Crippen molar-refractivity contribution in [2.45, 2.75) is 0 Å². The van der Waals surface area contributed by atoms with E-state index < -0.39 is 0 Å². The van der Waals surface area contributed by atoms with Crippen LogP contribution in [0.25, 0.3) is 0 Å². The number of hydrogen-bond donors (Lipinski definition) is 0. The monoisotopic (exact) mass is 1070 g/mol. The molecule has 9 radical (unpaired) electrons. The molecule has 0 unspecified atom stereocenters. The second-order valence-electron chi connectivity index (χ2n) is 0. The van der Waals surface area contributed by atoms with E-state index in [1.54, 1.807) is 0 Å². The summed E-state index contributed by atoms with van der Waals surface area (Å²) < 4.78 is 0. The van der Waals surface area contributed by atoms with Gasteiger partial charge in [0.15, 0.2) is 0 Å². The van der Waals surface area contributed by atoms with Gasteiger partial charge in [-0.2, -0.15) is 0 Å². The van der Waals surface area contributed by atoms with Crippen molar-refractivity contribution in [2.75, 3.05) is 0 Å². The van der Waals surface area contributed by atoms with Crippen LogP contribution in [0.3, 0.4) is 0 Å². The Morgan fingerprint density at radius 3 is 0.250 bits per heavy atom. The minimum absolute atomic E-state index is 0. The molecule has 0 nitrogen and oxygen atoms in total. The van der Waals surface area contributed by atoms with Crippen molar-refractivity contribution in [3.63, 3.8) is 0 Å². The van der Waals surface area contributed by atoms with Gasteiger partial charge >= 0.3 is 0 Å². The van der Waals surface area contributed by atoms with E-state index in [9.17, 15) is 0 Å². The molecule has 0 aliphatic carbocycles. The molecule has 0 heterocycles. The molecule has 8 heteroatoms. The Hall–Kier alpha value is 9.21. The fourth-order valence-corrected chi connectivity index (χ4v) is 0. The minimum atomic E-state index is 0. The quantitative estimate of drug-likeness (QED) is 0.270. The van der Waals surface area contributed by atoms with Crippen molar-refractivity contribution >= 4 is 73.3 Å². The van der Waals surface area contributed by atoms with E-state index in [0.717, 1.165) is 0 Å². The molecule has 0 rings (SSSR count). The van der Waals surface area contributed by atoms with E-state index in [0.29, 0.717) is 0 Å². The largest absolute Gasteiger partial charge is 0 e. The first-order valence-corrected chi connectivity index (χ1v) is 0. The van der Waals surface area contributed by atoms with Gasteiger partial charge in [-0.05, 0) is 0 Å². The van der Waals surface area contributed by atoms with Gasteiger partial charge in [0.25, 0.3) is 0 Å². The maximum atomic E-state index is 0. The van der Waals surface area contributed by atoms with Gasteiger partial charge in [0.1, 0.15) is 0 Å². The third-order valence-corrected chi connectivity index (χ3v) is 0. The van der Waals surface area contributed by atoms with Crippen LogP contribution in [0.15, 0.2) is 0 Å². The van der Waals surface area contributed by atoms with Gasteiger partial charge in [0.2, 0.25) is 0 Å². The van der Waals surface area contributed by atoms with E-state index in [-0.39, 0.29) is 277 Å². The zero-order valence-electron chi connectivity index (χ0n) is 3.84. The molecule has 0 aliphatic heterocycles. The summed E-state index contributed by atoms with van der Waals surface area (Å²) in [7, 11) is 0. The van der Waals surface area contributed by atoms with Gasteiger partial charge in [0, 0.05) is 277 Å². The Balaban J connectivity index is 0. The van der Waals surface area contributed by atoms with Crippen LogP contribution in [0, 0.1) is 204 Å². The predicted molar refractivity (Wildman–Crippen MR) is 17.3 cm³/mol. The normalized spacial score (nSPS) is 0. The van der Waals surface area contributed by atoms with E-state index >= 15 is 0 Å². The molecule has 0 aromatic heterocycles. The van der Waals surface area contributed by atoms with Crippen molar-refractivity contribution < 1.29 is 204 Å². The van der Waals surface area contributed by atoms with Crippen molar-refractivity contribution in [3.05, 3.63) is 0 Å². The van der Waals surface area contributed by atoms with Gasteiger partial charge in [-0.3, -0.25) is 0 Å². The van der Waals surface area contributed by atoms with E-state index in [1.807, 2.05) is 0 Å². The number of rotatable bonds is 0. The molecule has 0 saturated carbocycles. The van der Waals surface area contributed by atoms with Crippen LogP contribution in [0.2, 0.25) is 0 Å². The molecule has 0 saturated heterocycles. The summed E-state index contributed by atoms with van der Waals surface area (Å²) >= 11 is 0. The van der Waals surface area contributed by atoms with Crippen LogP contribution in [-0.4, -0.2) is 73.3 Å². The van der Waals surface area contributed by atoms with E-state index in [2.05, 4.69) is 0 Å². The summed E-state index contributed by atoms with van der Waals surface area (Å²) in [5, 5.41) is 0. The van der Waals surface area contributed by atoms with Crippen molar-refractivity contribution in [3.8, 4) is 0 Å². The standard InChI is InChI=1S/5Nd.3Sb. The fourth-order valence-electron chi connectivity index (χ4n) is 0. The van der Waals surface area contributed by atoms with Crippen molar-refractivity contribution in [1.29, 1.82) is 0 Å². The SMILES string of the molecule is [Nd].[Nd].[Nd].[Nd].[Nd].[Sb].[Sb].[Sb]. The summed E-state index contributed by atoms with van der Waals surface area (Å²) in [6, 6.07) is 0. The second kappa shape index (κ2) is 44.2. The molecule has 0 spiro atoms. The molecule has 0 fully saturated rings. The van der Waals surface area contributed by atoms with Gasteiger partial charge in [0.05, 0.1) is 0 Å². The Labute approximate surface area is 267 Å². The van der Waals surface area contributed by atoms with Crippen LogP contribution in [-0.2, 0) is 0 Å².